The van der Waals surface area contributed by atoms with Gasteiger partial charge in [-0.05, 0) is 50.8 Å². The molecule has 1 atom stereocenters. The van der Waals surface area contributed by atoms with Crippen LogP contribution in [-0.4, -0.2) is 17.7 Å². The van der Waals surface area contributed by atoms with E-state index in [4.69, 9.17) is 4.74 Å². The molecular formula is C14H24N2O. The molecule has 1 saturated carbocycles. The first kappa shape index (κ1) is 12.7. The number of hydrogen-bond donors (Lipinski definition) is 1. The molecule has 1 aromatic heterocycles. The van der Waals surface area contributed by atoms with Gasteiger partial charge in [0.25, 0.3) is 0 Å². The molecule has 17 heavy (non-hydrogen) atoms. The predicted octanol–water partition coefficient (Wildman–Crippen LogP) is 2.93. The van der Waals surface area contributed by atoms with Crippen LogP contribution in [0, 0.1) is 5.92 Å². The second-order valence-corrected chi connectivity index (χ2v) is 5.02. The van der Waals surface area contributed by atoms with Gasteiger partial charge in [0.15, 0.2) is 0 Å². The highest BCUT2D eigenvalue weighted by molar-refractivity contribution is 5.10. The van der Waals surface area contributed by atoms with Gasteiger partial charge in [-0.25, -0.2) is 0 Å². The van der Waals surface area contributed by atoms with E-state index < -0.39 is 0 Å². The summed E-state index contributed by atoms with van der Waals surface area (Å²) < 4.78 is 7.94. The second kappa shape index (κ2) is 6.22. The van der Waals surface area contributed by atoms with Crippen molar-refractivity contribution in [3.05, 3.63) is 24.0 Å². The van der Waals surface area contributed by atoms with Crippen molar-refractivity contribution >= 4 is 0 Å². The third-order valence-electron chi connectivity index (χ3n) is 3.29. The van der Waals surface area contributed by atoms with E-state index in [9.17, 15) is 0 Å². The number of nitrogens with one attached hydrogen (secondary N) is 1. The average Bonchev–Trinajstić information content (AvgIpc) is 3.03. The van der Waals surface area contributed by atoms with Crippen molar-refractivity contribution in [2.24, 2.45) is 5.92 Å². The summed E-state index contributed by atoms with van der Waals surface area (Å²) in [4.78, 5) is 0. The number of rotatable bonds is 8. The monoisotopic (exact) mass is 236 g/mol. The van der Waals surface area contributed by atoms with Crippen molar-refractivity contribution in [2.45, 2.75) is 45.9 Å². The molecule has 3 heteroatoms. The van der Waals surface area contributed by atoms with Crippen molar-refractivity contribution < 1.29 is 4.74 Å². The van der Waals surface area contributed by atoms with Gasteiger partial charge in [-0.1, -0.05) is 6.92 Å². The minimum atomic E-state index is 0.398. The third kappa shape index (κ3) is 3.86. The maximum absolute atomic E-state index is 5.73. The Morgan fingerprint density at radius 3 is 3.06 bits per heavy atom. The minimum Gasteiger partial charge on any atom is -0.361 e. The molecule has 0 amide bonds. The Kier molecular flexibility index (Phi) is 4.63. The summed E-state index contributed by atoms with van der Waals surface area (Å²) >= 11 is 0. The van der Waals surface area contributed by atoms with Gasteiger partial charge < -0.3 is 14.6 Å². The van der Waals surface area contributed by atoms with Crippen LogP contribution >= 0.6 is 0 Å². The molecule has 1 aliphatic rings. The van der Waals surface area contributed by atoms with E-state index in [0.717, 1.165) is 19.1 Å². The largest absolute Gasteiger partial charge is 0.361 e. The van der Waals surface area contributed by atoms with Gasteiger partial charge >= 0.3 is 0 Å². The molecule has 96 valence electrons. The third-order valence-corrected chi connectivity index (χ3v) is 3.29. The normalized spacial score (nSPS) is 17.3. The standard InChI is InChI=1S/C14H24N2O/c1-3-8-15-12(2)14-5-4-9-16(14)11-17-10-13-6-7-13/h4-5,9,12-13,15H,3,6-8,10-11H2,1-2H3. The minimum absolute atomic E-state index is 0.398. The summed E-state index contributed by atoms with van der Waals surface area (Å²) in [7, 11) is 0. The molecule has 1 fully saturated rings. The molecule has 0 spiro atoms. The van der Waals surface area contributed by atoms with Gasteiger partial charge in [-0.3, -0.25) is 0 Å². The molecule has 0 saturated heterocycles. The van der Waals surface area contributed by atoms with Crippen LogP contribution in [0.15, 0.2) is 18.3 Å². The maximum atomic E-state index is 5.73. The van der Waals surface area contributed by atoms with Gasteiger partial charge in [-0.15, -0.1) is 0 Å². The zero-order chi connectivity index (χ0) is 12.1. The molecule has 1 heterocycles. The van der Waals surface area contributed by atoms with Crippen molar-refractivity contribution in [1.29, 1.82) is 0 Å². The van der Waals surface area contributed by atoms with Crippen LogP contribution in [0.3, 0.4) is 0 Å². The molecule has 0 radical (unpaired) electrons. The van der Waals surface area contributed by atoms with E-state index in [1.807, 2.05) is 0 Å². The second-order valence-electron chi connectivity index (χ2n) is 5.02. The van der Waals surface area contributed by atoms with Gasteiger partial charge in [0.2, 0.25) is 0 Å². The van der Waals surface area contributed by atoms with E-state index in [2.05, 4.69) is 42.1 Å². The van der Waals surface area contributed by atoms with E-state index in [1.54, 1.807) is 0 Å². The van der Waals surface area contributed by atoms with Crippen LogP contribution in [0.25, 0.3) is 0 Å². The van der Waals surface area contributed by atoms with Crippen molar-refractivity contribution in [3.63, 3.8) is 0 Å². The highest BCUT2D eigenvalue weighted by Gasteiger charge is 2.21. The fourth-order valence-electron chi connectivity index (χ4n) is 2.01. The number of nitrogens with zero attached hydrogens (tertiary/aromatic N) is 1. The lowest BCUT2D eigenvalue weighted by Crippen LogP contribution is -2.22. The van der Waals surface area contributed by atoms with Crippen molar-refractivity contribution in [2.75, 3.05) is 13.2 Å². The lowest BCUT2D eigenvalue weighted by Gasteiger charge is -2.17. The Morgan fingerprint density at radius 2 is 2.35 bits per heavy atom. The van der Waals surface area contributed by atoms with Gasteiger partial charge in [0.1, 0.15) is 6.73 Å². The van der Waals surface area contributed by atoms with E-state index >= 15 is 0 Å². The Hall–Kier alpha value is -0.800. The van der Waals surface area contributed by atoms with Crippen molar-refractivity contribution in [1.82, 2.24) is 9.88 Å². The molecule has 1 aromatic rings. The summed E-state index contributed by atoms with van der Waals surface area (Å²) in [6.45, 7) is 7.08. The summed E-state index contributed by atoms with van der Waals surface area (Å²) in [6, 6.07) is 4.67. The van der Waals surface area contributed by atoms with Crippen LogP contribution in [0.5, 0.6) is 0 Å². The number of hydrogen-bond acceptors (Lipinski definition) is 2. The fraction of sp³-hybridized carbons (Fsp3) is 0.714. The van der Waals surface area contributed by atoms with E-state index in [-0.39, 0.29) is 0 Å². The highest BCUT2D eigenvalue weighted by atomic mass is 16.5. The Balaban J connectivity index is 1.81. The molecule has 0 aromatic carbocycles. The number of aromatic nitrogens is 1. The lowest BCUT2D eigenvalue weighted by molar-refractivity contribution is 0.0667. The van der Waals surface area contributed by atoms with Crippen molar-refractivity contribution in [3.8, 4) is 0 Å². The highest BCUT2D eigenvalue weighted by Crippen LogP contribution is 2.29. The quantitative estimate of drug-likeness (QED) is 0.751. The molecule has 3 nitrogen and oxygen atoms in total. The average molecular weight is 236 g/mol. The first-order valence-electron chi connectivity index (χ1n) is 6.77. The van der Waals surface area contributed by atoms with Gasteiger partial charge in [0, 0.05) is 17.9 Å². The van der Waals surface area contributed by atoms with Crippen LogP contribution in [0.2, 0.25) is 0 Å². The summed E-state index contributed by atoms with van der Waals surface area (Å²) in [6.07, 6.45) is 5.98. The Morgan fingerprint density at radius 1 is 1.53 bits per heavy atom. The molecular weight excluding hydrogens is 212 g/mol. The summed E-state index contributed by atoms with van der Waals surface area (Å²) in [5.41, 5.74) is 1.31. The first-order chi connectivity index (χ1) is 8.31. The van der Waals surface area contributed by atoms with Crippen LogP contribution < -0.4 is 5.32 Å². The molecule has 1 N–H and O–H groups in total. The molecule has 0 bridgehead atoms. The maximum Gasteiger partial charge on any atom is 0.122 e. The smallest absolute Gasteiger partial charge is 0.122 e. The Labute approximate surface area is 104 Å². The first-order valence-corrected chi connectivity index (χ1v) is 6.77. The molecule has 1 aliphatic carbocycles. The predicted molar refractivity (Wildman–Crippen MR) is 69.8 cm³/mol. The zero-order valence-corrected chi connectivity index (χ0v) is 11.0. The van der Waals surface area contributed by atoms with Gasteiger partial charge in [-0.2, -0.15) is 0 Å². The van der Waals surface area contributed by atoms with Crippen LogP contribution in [0.1, 0.15) is 44.8 Å². The van der Waals surface area contributed by atoms with Gasteiger partial charge in [0.05, 0.1) is 6.61 Å². The summed E-state index contributed by atoms with van der Waals surface area (Å²) in [5, 5.41) is 3.51. The summed E-state index contributed by atoms with van der Waals surface area (Å²) in [5.74, 6) is 0.838. The van der Waals surface area contributed by atoms with Crippen LogP contribution in [-0.2, 0) is 11.5 Å². The number of ether oxygens (including phenoxy) is 1. The topological polar surface area (TPSA) is 26.2 Å². The fourth-order valence-corrected chi connectivity index (χ4v) is 2.01. The molecule has 1 unspecified atom stereocenters. The molecule has 2 rings (SSSR count). The SMILES string of the molecule is CCCNC(C)c1cccn1COCC1CC1. The zero-order valence-electron chi connectivity index (χ0n) is 11.0. The Bertz CT molecular complexity index is 331. The lowest BCUT2D eigenvalue weighted by atomic mass is 10.2. The molecule has 0 aliphatic heterocycles. The van der Waals surface area contributed by atoms with E-state index in [0.29, 0.717) is 12.8 Å². The van der Waals surface area contributed by atoms with Crippen LogP contribution in [0.4, 0.5) is 0 Å². The van der Waals surface area contributed by atoms with E-state index in [1.165, 1.54) is 25.0 Å².